The van der Waals surface area contributed by atoms with Crippen LogP contribution in [0.25, 0.3) is 10.9 Å². The number of aryl methyl sites for hydroxylation is 1. The molecule has 0 saturated carbocycles. The van der Waals surface area contributed by atoms with Crippen molar-refractivity contribution < 1.29 is 9.18 Å². The van der Waals surface area contributed by atoms with Crippen LogP contribution in [0.4, 0.5) is 4.39 Å². The van der Waals surface area contributed by atoms with Crippen LogP contribution in [0, 0.1) is 5.82 Å². The van der Waals surface area contributed by atoms with Crippen molar-refractivity contribution in [2.24, 2.45) is 0 Å². The van der Waals surface area contributed by atoms with Crippen LogP contribution in [0.3, 0.4) is 0 Å². The van der Waals surface area contributed by atoms with Gasteiger partial charge in [0.25, 0.3) is 5.56 Å². The first-order valence-electron chi connectivity index (χ1n) is 10.3. The van der Waals surface area contributed by atoms with Gasteiger partial charge in [-0.05, 0) is 37.6 Å². The summed E-state index contributed by atoms with van der Waals surface area (Å²) in [6, 6.07) is 14.0. The lowest BCUT2D eigenvalue weighted by Gasteiger charge is -2.33. The van der Waals surface area contributed by atoms with E-state index < -0.39 is 0 Å². The van der Waals surface area contributed by atoms with Gasteiger partial charge in [-0.15, -0.1) is 0 Å². The van der Waals surface area contributed by atoms with Gasteiger partial charge < -0.3 is 5.32 Å². The van der Waals surface area contributed by atoms with E-state index >= 15 is 0 Å². The van der Waals surface area contributed by atoms with Crippen LogP contribution < -0.4 is 10.9 Å². The molecule has 0 aliphatic carbocycles. The Morgan fingerprint density at radius 2 is 1.97 bits per heavy atom. The summed E-state index contributed by atoms with van der Waals surface area (Å²) in [5, 5.41) is 3.62. The van der Waals surface area contributed by atoms with Crippen molar-refractivity contribution in [3.05, 3.63) is 76.6 Å². The van der Waals surface area contributed by atoms with Gasteiger partial charge in [-0.3, -0.25) is 19.1 Å². The number of carbonyl (C=O) groups is 1. The third kappa shape index (κ3) is 4.74. The Morgan fingerprint density at radius 1 is 1.17 bits per heavy atom. The number of hydrogen-bond acceptors (Lipinski definition) is 4. The van der Waals surface area contributed by atoms with Crippen molar-refractivity contribution in [3.63, 3.8) is 0 Å². The highest BCUT2D eigenvalue weighted by Crippen LogP contribution is 2.16. The second-order valence-corrected chi connectivity index (χ2v) is 7.74. The number of likely N-dealkylation sites (tertiary alicyclic amines) is 1. The minimum Gasteiger partial charge on any atom is -0.352 e. The minimum absolute atomic E-state index is 0.0319. The Kier molecular flexibility index (Phi) is 6.18. The molecule has 1 atom stereocenters. The molecule has 4 rings (SSSR count). The van der Waals surface area contributed by atoms with Gasteiger partial charge in [0.1, 0.15) is 5.82 Å². The molecule has 1 aliphatic rings. The van der Waals surface area contributed by atoms with Gasteiger partial charge >= 0.3 is 0 Å². The van der Waals surface area contributed by atoms with E-state index in [1.54, 1.807) is 30.3 Å². The lowest BCUT2D eigenvalue weighted by molar-refractivity contribution is -0.122. The molecule has 7 heteroatoms. The Labute approximate surface area is 174 Å². The maximum Gasteiger partial charge on any atom is 0.261 e. The summed E-state index contributed by atoms with van der Waals surface area (Å²) in [5.74, 6) is -0.286. The molecule has 2 heterocycles. The standard InChI is InChI=1S/C23H25FN4O2/c24-20-9-3-1-6-17(20)14-27-12-5-7-18(15-27)26-22(29)11-13-28-16-25-21-10-4-2-8-19(21)23(28)30/h1-4,6,8-10,16,18H,5,7,11-15H2,(H,26,29)/t18-/m1/s1. The predicted octanol–water partition coefficient (Wildman–Crippen LogP) is 2.71. The van der Waals surface area contributed by atoms with Crippen molar-refractivity contribution in [2.75, 3.05) is 13.1 Å². The molecule has 2 aromatic carbocycles. The molecule has 0 radical (unpaired) electrons. The Balaban J connectivity index is 1.31. The molecule has 1 N–H and O–H groups in total. The van der Waals surface area contributed by atoms with Gasteiger partial charge in [0.2, 0.25) is 5.91 Å². The van der Waals surface area contributed by atoms with Crippen molar-refractivity contribution in [2.45, 2.75) is 38.4 Å². The smallest absolute Gasteiger partial charge is 0.261 e. The first-order valence-corrected chi connectivity index (χ1v) is 10.3. The number of fused-ring (bicyclic) bond motifs is 1. The van der Waals surface area contributed by atoms with Crippen molar-refractivity contribution in [3.8, 4) is 0 Å². The number of piperidine rings is 1. The summed E-state index contributed by atoms with van der Waals surface area (Å²) in [6.45, 7) is 2.40. The van der Waals surface area contributed by atoms with Crippen LogP contribution in [0.5, 0.6) is 0 Å². The van der Waals surface area contributed by atoms with Crippen molar-refractivity contribution >= 4 is 16.8 Å². The topological polar surface area (TPSA) is 67.2 Å². The molecule has 30 heavy (non-hydrogen) atoms. The third-order valence-electron chi connectivity index (χ3n) is 5.53. The minimum atomic E-state index is -0.196. The maximum atomic E-state index is 13.9. The quantitative estimate of drug-likeness (QED) is 0.681. The predicted molar refractivity (Wildman–Crippen MR) is 113 cm³/mol. The molecule has 0 bridgehead atoms. The average Bonchev–Trinajstić information content (AvgIpc) is 2.75. The molecule has 1 saturated heterocycles. The molecule has 3 aromatic rings. The normalized spacial score (nSPS) is 17.2. The lowest BCUT2D eigenvalue weighted by atomic mass is 10.0. The largest absolute Gasteiger partial charge is 0.352 e. The summed E-state index contributed by atoms with van der Waals surface area (Å²) in [7, 11) is 0. The second kappa shape index (κ2) is 9.17. The molecule has 6 nitrogen and oxygen atoms in total. The SMILES string of the molecule is O=C(CCn1cnc2ccccc2c1=O)N[C@@H]1CCCN(Cc2ccccc2F)C1. The van der Waals surface area contributed by atoms with Gasteiger partial charge in [-0.1, -0.05) is 30.3 Å². The van der Waals surface area contributed by atoms with Gasteiger partial charge in [0.15, 0.2) is 0 Å². The van der Waals surface area contributed by atoms with Crippen LogP contribution in [-0.2, 0) is 17.9 Å². The Hall–Kier alpha value is -3.06. The van der Waals surface area contributed by atoms with Crippen molar-refractivity contribution in [1.29, 1.82) is 0 Å². The van der Waals surface area contributed by atoms with Gasteiger partial charge in [0.05, 0.1) is 17.2 Å². The molecule has 0 spiro atoms. The molecule has 1 aliphatic heterocycles. The number of para-hydroxylation sites is 1. The number of carbonyl (C=O) groups excluding carboxylic acids is 1. The van der Waals surface area contributed by atoms with E-state index in [1.165, 1.54) is 17.0 Å². The first kappa shape index (κ1) is 20.2. The lowest BCUT2D eigenvalue weighted by Crippen LogP contribution is -2.47. The van der Waals surface area contributed by atoms with Crippen LogP contribution in [0.2, 0.25) is 0 Å². The number of nitrogens with zero attached hydrogens (tertiary/aromatic N) is 3. The van der Waals surface area contributed by atoms with Gasteiger partial charge in [-0.25, -0.2) is 9.37 Å². The molecular weight excluding hydrogens is 383 g/mol. The zero-order valence-corrected chi connectivity index (χ0v) is 16.8. The third-order valence-corrected chi connectivity index (χ3v) is 5.53. The van der Waals surface area contributed by atoms with E-state index in [2.05, 4.69) is 15.2 Å². The molecule has 1 aromatic heterocycles. The Bertz CT molecular complexity index is 1100. The fourth-order valence-corrected chi connectivity index (χ4v) is 3.97. The fourth-order valence-electron chi connectivity index (χ4n) is 3.97. The van der Waals surface area contributed by atoms with E-state index in [1.807, 2.05) is 12.1 Å². The molecule has 1 amide bonds. The summed E-state index contributed by atoms with van der Waals surface area (Å²) in [4.78, 5) is 31.4. The van der Waals surface area contributed by atoms with E-state index in [9.17, 15) is 14.0 Å². The second-order valence-electron chi connectivity index (χ2n) is 7.74. The Morgan fingerprint density at radius 3 is 2.83 bits per heavy atom. The highest BCUT2D eigenvalue weighted by atomic mass is 19.1. The number of hydrogen-bond donors (Lipinski definition) is 1. The number of aromatic nitrogens is 2. The highest BCUT2D eigenvalue weighted by molar-refractivity contribution is 5.77. The van der Waals surface area contributed by atoms with Gasteiger partial charge in [0, 0.05) is 37.7 Å². The number of amides is 1. The van der Waals surface area contributed by atoms with Crippen molar-refractivity contribution in [1.82, 2.24) is 19.8 Å². The van der Waals surface area contributed by atoms with Crippen LogP contribution >= 0.6 is 0 Å². The number of nitrogens with one attached hydrogen (secondary N) is 1. The van der Waals surface area contributed by atoms with Crippen LogP contribution in [-0.4, -0.2) is 39.5 Å². The summed E-state index contributed by atoms with van der Waals surface area (Å²) in [5.41, 5.74) is 1.19. The number of halogens is 1. The number of rotatable bonds is 6. The zero-order chi connectivity index (χ0) is 20.9. The summed E-state index contributed by atoms with van der Waals surface area (Å²) < 4.78 is 15.4. The fraction of sp³-hybridized carbons (Fsp3) is 0.348. The summed E-state index contributed by atoms with van der Waals surface area (Å²) >= 11 is 0. The zero-order valence-electron chi connectivity index (χ0n) is 16.8. The first-order chi connectivity index (χ1) is 14.6. The number of benzene rings is 2. The van der Waals surface area contributed by atoms with E-state index in [-0.39, 0.29) is 36.3 Å². The molecule has 0 unspecified atom stereocenters. The summed E-state index contributed by atoms with van der Waals surface area (Å²) in [6.07, 6.45) is 3.56. The van der Waals surface area contributed by atoms with E-state index in [0.717, 1.165) is 19.4 Å². The van der Waals surface area contributed by atoms with E-state index in [0.29, 0.717) is 29.6 Å². The van der Waals surface area contributed by atoms with Crippen LogP contribution in [0.15, 0.2) is 59.7 Å². The average molecular weight is 408 g/mol. The molecule has 1 fully saturated rings. The molecular formula is C23H25FN4O2. The molecule has 156 valence electrons. The monoisotopic (exact) mass is 408 g/mol. The maximum absolute atomic E-state index is 13.9. The van der Waals surface area contributed by atoms with E-state index in [4.69, 9.17) is 0 Å². The highest BCUT2D eigenvalue weighted by Gasteiger charge is 2.22. The van der Waals surface area contributed by atoms with Crippen LogP contribution in [0.1, 0.15) is 24.8 Å². The van der Waals surface area contributed by atoms with Gasteiger partial charge in [-0.2, -0.15) is 0 Å².